The number of thioether (sulfide) groups is 1. The lowest BCUT2D eigenvalue weighted by atomic mass is 10.2. The maximum absolute atomic E-state index is 13.0. The van der Waals surface area contributed by atoms with Crippen LogP contribution in [-0.2, 0) is 11.3 Å². The number of benzene rings is 1. The molecule has 1 aromatic carbocycles. The van der Waals surface area contributed by atoms with Gasteiger partial charge in [-0.3, -0.25) is 14.2 Å². The van der Waals surface area contributed by atoms with E-state index in [1.807, 2.05) is 27.7 Å². The van der Waals surface area contributed by atoms with Crippen molar-refractivity contribution in [3.63, 3.8) is 0 Å². The predicted octanol–water partition coefficient (Wildman–Crippen LogP) is 4.21. The molecule has 0 aliphatic carbocycles. The van der Waals surface area contributed by atoms with Crippen LogP contribution in [0.4, 0.5) is 5.82 Å². The molecule has 2 heterocycles. The Morgan fingerprint density at radius 2 is 2.00 bits per heavy atom. The molecule has 0 saturated heterocycles. The molecule has 29 heavy (non-hydrogen) atoms. The number of aromatic nitrogens is 4. The van der Waals surface area contributed by atoms with Crippen molar-refractivity contribution in [1.29, 1.82) is 0 Å². The Morgan fingerprint density at radius 1 is 1.24 bits per heavy atom. The fraction of sp³-hybridized carbons (Fsp3) is 0.400. The zero-order valence-electron chi connectivity index (χ0n) is 16.8. The van der Waals surface area contributed by atoms with Crippen LogP contribution in [0, 0.1) is 5.92 Å². The van der Waals surface area contributed by atoms with E-state index in [9.17, 15) is 9.59 Å². The maximum Gasteiger partial charge on any atom is 0.262 e. The Kier molecular flexibility index (Phi) is 6.64. The van der Waals surface area contributed by atoms with E-state index < -0.39 is 0 Å². The van der Waals surface area contributed by atoms with Gasteiger partial charge in [0.05, 0.1) is 22.9 Å². The standard InChI is InChI=1S/C20H24ClN5O2S/c1-12(2)10-25-19(28)15-9-14(21)5-6-16(15)23-20(25)29-11-18(27)24-17-7-8-22-26(17)13(3)4/h5-9,12-13H,10-11H2,1-4H3,(H,24,27). The second-order valence-electron chi connectivity index (χ2n) is 7.46. The van der Waals surface area contributed by atoms with Gasteiger partial charge in [-0.25, -0.2) is 9.67 Å². The third-order valence-electron chi connectivity index (χ3n) is 4.19. The van der Waals surface area contributed by atoms with E-state index in [1.54, 1.807) is 39.7 Å². The lowest BCUT2D eigenvalue weighted by molar-refractivity contribution is -0.113. The smallest absolute Gasteiger partial charge is 0.262 e. The van der Waals surface area contributed by atoms with Gasteiger partial charge in [-0.1, -0.05) is 37.2 Å². The molecule has 7 nitrogen and oxygen atoms in total. The summed E-state index contributed by atoms with van der Waals surface area (Å²) >= 11 is 7.30. The lowest BCUT2D eigenvalue weighted by Crippen LogP contribution is -2.26. The van der Waals surface area contributed by atoms with Crippen LogP contribution in [-0.4, -0.2) is 31.0 Å². The molecule has 9 heteroatoms. The molecule has 0 spiro atoms. The molecule has 0 aliphatic rings. The van der Waals surface area contributed by atoms with Crippen LogP contribution in [0.3, 0.4) is 0 Å². The third-order valence-corrected chi connectivity index (χ3v) is 5.40. The molecule has 2 aromatic heterocycles. The average Bonchev–Trinajstić information content (AvgIpc) is 3.11. The van der Waals surface area contributed by atoms with E-state index in [0.717, 1.165) is 0 Å². The Hall–Kier alpha value is -2.32. The second-order valence-corrected chi connectivity index (χ2v) is 8.84. The Balaban J connectivity index is 1.85. The van der Waals surface area contributed by atoms with E-state index in [2.05, 4.69) is 15.4 Å². The first-order valence-electron chi connectivity index (χ1n) is 9.42. The number of fused-ring (bicyclic) bond motifs is 1. The van der Waals surface area contributed by atoms with E-state index in [0.29, 0.717) is 33.4 Å². The number of nitrogens with one attached hydrogen (secondary N) is 1. The Bertz CT molecular complexity index is 1090. The zero-order chi connectivity index (χ0) is 21.1. The summed E-state index contributed by atoms with van der Waals surface area (Å²) in [4.78, 5) is 30.1. The minimum absolute atomic E-state index is 0.132. The van der Waals surface area contributed by atoms with E-state index in [1.165, 1.54) is 11.8 Å². The van der Waals surface area contributed by atoms with E-state index >= 15 is 0 Å². The van der Waals surface area contributed by atoms with Crippen molar-refractivity contribution < 1.29 is 4.79 Å². The highest BCUT2D eigenvalue weighted by Crippen LogP contribution is 2.22. The van der Waals surface area contributed by atoms with Crippen molar-refractivity contribution in [2.24, 2.45) is 5.92 Å². The van der Waals surface area contributed by atoms with E-state index in [-0.39, 0.29) is 29.2 Å². The highest BCUT2D eigenvalue weighted by atomic mass is 35.5. The van der Waals surface area contributed by atoms with Gasteiger partial charge in [0.25, 0.3) is 5.56 Å². The highest BCUT2D eigenvalue weighted by Gasteiger charge is 2.16. The molecular formula is C20H24ClN5O2S. The Labute approximate surface area is 178 Å². The summed E-state index contributed by atoms with van der Waals surface area (Å²) < 4.78 is 3.37. The van der Waals surface area contributed by atoms with Crippen LogP contribution in [0.2, 0.25) is 5.02 Å². The van der Waals surface area contributed by atoms with Crippen LogP contribution in [0.1, 0.15) is 33.7 Å². The number of anilines is 1. The molecule has 0 saturated carbocycles. The summed E-state index contributed by atoms with van der Waals surface area (Å²) in [5.74, 6) is 0.845. The van der Waals surface area contributed by atoms with Crippen LogP contribution in [0.25, 0.3) is 10.9 Å². The monoisotopic (exact) mass is 433 g/mol. The second kappa shape index (κ2) is 9.00. The van der Waals surface area contributed by atoms with E-state index in [4.69, 9.17) is 11.6 Å². The average molecular weight is 434 g/mol. The minimum Gasteiger partial charge on any atom is -0.310 e. The maximum atomic E-state index is 13.0. The number of carbonyl (C=O) groups is 1. The van der Waals surface area contributed by atoms with Crippen molar-refractivity contribution in [3.8, 4) is 0 Å². The molecule has 1 N–H and O–H groups in total. The number of carbonyl (C=O) groups excluding carboxylic acids is 1. The lowest BCUT2D eigenvalue weighted by Gasteiger charge is -2.15. The molecule has 0 unspecified atom stereocenters. The summed E-state index contributed by atoms with van der Waals surface area (Å²) in [6.45, 7) is 8.56. The summed E-state index contributed by atoms with van der Waals surface area (Å²) in [7, 11) is 0. The first-order chi connectivity index (χ1) is 13.8. The number of nitrogens with zero attached hydrogens (tertiary/aromatic N) is 4. The molecular weight excluding hydrogens is 410 g/mol. The van der Waals surface area contributed by atoms with Gasteiger partial charge >= 0.3 is 0 Å². The van der Waals surface area contributed by atoms with Gasteiger partial charge in [-0.05, 0) is 38.0 Å². The Morgan fingerprint density at radius 3 is 2.69 bits per heavy atom. The minimum atomic E-state index is -0.182. The molecule has 0 aliphatic heterocycles. The molecule has 1 amide bonds. The first kappa shape index (κ1) is 21.4. The number of halogens is 1. The van der Waals surface area contributed by atoms with Gasteiger partial charge in [0.15, 0.2) is 5.16 Å². The van der Waals surface area contributed by atoms with Crippen LogP contribution in [0.5, 0.6) is 0 Å². The van der Waals surface area contributed by atoms with Gasteiger partial charge in [0.2, 0.25) is 5.91 Å². The van der Waals surface area contributed by atoms with Gasteiger partial charge in [0.1, 0.15) is 5.82 Å². The van der Waals surface area contributed by atoms with Crippen molar-refractivity contribution >= 4 is 46.0 Å². The van der Waals surface area contributed by atoms with Crippen molar-refractivity contribution in [3.05, 3.63) is 45.8 Å². The summed E-state index contributed by atoms with van der Waals surface area (Å²) in [5, 5.41) is 8.58. The third kappa shape index (κ3) is 5.00. The molecule has 0 bridgehead atoms. The van der Waals surface area contributed by atoms with Crippen molar-refractivity contribution in [2.45, 2.75) is 45.4 Å². The largest absolute Gasteiger partial charge is 0.310 e. The highest BCUT2D eigenvalue weighted by molar-refractivity contribution is 7.99. The summed E-state index contributed by atoms with van der Waals surface area (Å²) in [6, 6.07) is 6.96. The quantitative estimate of drug-likeness (QED) is 0.445. The molecule has 154 valence electrons. The van der Waals surface area contributed by atoms with Crippen molar-refractivity contribution in [1.82, 2.24) is 19.3 Å². The molecule has 3 rings (SSSR count). The predicted molar refractivity (Wildman–Crippen MR) is 118 cm³/mol. The zero-order valence-corrected chi connectivity index (χ0v) is 18.4. The normalized spacial score (nSPS) is 11.6. The molecule has 0 fully saturated rings. The number of hydrogen-bond acceptors (Lipinski definition) is 5. The van der Waals surface area contributed by atoms with Crippen molar-refractivity contribution in [2.75, 3.05) is 11.1 Å². The van der Waals surface area contributed by atoms with Crippen LogP contribution >= 0.6 is 23.4 Å². The SMILES string of the molecule is CC(C)Cn1c(SCC(=O)Nc2ccnn2C(C)C)nc2ccc(Cl)cc2c1=O. The van der Waals surface area contributed by atoms with Gasteiger partial charge in [-0.15, -0.1) is 0 Å². The molecule has 0 atom stereocenters. The van der Waals surface area contributed by atoms with Gasteiger partial charge in [-0.2, -0.15) is 5.10 Å². The first-order valence-corrected chi connectivity index (χ1v) is 10.8. The summed E-state index contributed by atoms with van der Waals surface area (Å²) in [5.41, 5.74) is 0.423. The van der Waals surface area contributed by atoms with Crippen LogP contribution in [0.15, 0.2) is 40.4 Å². The number of hydrogen-bond donors (Lipinski definition) is 1. The molecule has 0 radical (unpaired) electrons. The fourth-order valence-electron chi connectivity index (χ4n) is 2.94. The number of amides is 1. The number of rotatable bonds is 7. The summed E-state index contributed by atoms with van der Waals surface area (Å²) in [6.07, 6.45) is 1.65. The molecule has 3 aromatic rings. The topological polar surface area (TPSA) is 81.8 Å². The van der Waals surface area contributed by atoms with Gasteiger partial charge in [0, 0.05) is 23.7 Å². The van der Waals surface area contributed by atoms with Gasteiger partial charge < -0.3 is 5.32 Å². The van der Waals surface area contributed by atoms with Crippen LogP contribution < -0.4 is 10.9 Å². The fourth-order valence-corrected chi connectivity index (χ4v) is 3.92.